The summed E-state index contributed by atoms with van der Waals surface area (Å²) in [5.41, 5.74) is 1.57. The van der Waals surface area contributed by atoms with Gasteiger partial charge in [-0.25, -0.2) is 4.79 Å². The van der Waals surface area contributed by atoms with E-state index in [0.29, 0.717) is 19.1 Å². The number of carboxylic acid groups (broad SMARTS) is 1. The molecule has 128 valence electrons. The number of carbonyl (C=O) groups is 1. The predicted octanol–water partition coefficient (Wildman–Crippen LogP) is 4.03. The van der Waals surface area contributed by atoms with Crippen LogP contribution in [0.25, 0.3) is 11.1 Å². The highest BCUT2D eigenvalue weighted by Crippen LogP contribution is 2.35. The zero-order chi connectivity index (χ0) is 16.8. The van der Waals surface area contributed by atoms with Crippen LogP contribution in [0.2, 0.25) is 0 Å². The fourth-order valence-corrected chi connectivity index (χ4v) is 4.93. The Bertz CT molecular complexity index is 782. The van der Waals surface area contributed by atoms with Crippen molar-refractivity contribution in [1.29, 1.82) is 0 Å². The maximum Gasteiger partial charge on any atom is 0.407 e. The molecular formula is C16H18BrN3O3S. The van der Waals surface area contributed by atoms with Crippen molar-refractivity contribution in [3.8, 4) is 0 Å². The van der Waals surface area contributed by atoms with Crippen LogP contribution in [0.3, 0.4) is 0 Å². The van der Waals surface area contributed by atoms with E-state index in [1.165, 1.54) is 0 Å². The molecule has 1 aromatic carbocycles. The van der Waals surface area contributed by atoms with Crippen LogP contribution in [0.4, 0.5) is 10.8 Å². The number of piperidine rings is 1. The molecule has 2 aromatic rings. The SMILES string of the molecule is CSc1cc(Br)c2oc(N3CC4CCCC(C3)N4C(=O)O)nc2c1. The van der Waals surface area contributed by atoms with Gasteiger partial charge in [0.05, 0.1) is 16.6 Å². The van der Waals surface area contributed by atoms with Crippen LogP contribution in [0.5, 0.6) is 0 Å². The summed E-state index contributed by atoms with van der Waals surface area (Å²) in [6.07, 6.45) is 4.11. The van der Waals surface area contributed by atoms with Crippen LogP contribution in [0.15, 0.2) is 25.9 Å². The summed E-state index contributed by atoms with van der Waals surface area (Å²) in [6, 6.07) is 4.68. The number of amides is 1. The molecule has 1 amide bonds. The fraction of sp³-hybridized carbons (Fsp3) is 0.500. The molecular weight excluding hydrogens is 394 g/mol. The van der Waals surface area contributed by atoms with Gasteiger partial charge >= 0.3 is 6.09 Å². The third-order valence-electron chi connectivity index (χ3n) is 4.86. The number of halogens is 1. The second-order valence-electron chi connectivity index (χ2n) is 6.29. The van der Waals surface area contributed by atoms with Crippen molar-refractivity contribution in [2.24, 2.45) is 0 Å². The number of piperazine rings is 1. The van der Waals surface area contributed by atoms with Gasteiger partial charge in [-0.3, -0.25) is 4.90 Å². The van der Waals surface area contributed by atoms with E-state index in [1.54, 1.807) is 16.7 Å². The van der Waals surface area contributed by atoms with Crippen LogP contribution in [-0.2, 0) is 0 Å². The summed E-state index contributed by atoms with van der Waals surface area (Å²) in [4.78, 5) is 21.0. The molecule has 3 heterocycles. The van der Waals surface area contributed by atoms with Crippen LogP contribution in [0.1, 0.15) is 19.3 Å². The van der Waals surface area contributed by atoms with E-state index < -0.39 is 6.09 Å². The lowest BCUT2D eigenvalue weighted by atomic mass is 9.92. The molecule has 2 fully saturated rings. The van der Waals surface area contributed by atoms with Gasteiger partial charge in [-0.2, -0.15) is 4.98 Å². The van der Waals surface area contributed by atoms with E-state index in [-0.39, 0.29) is 12.1 Å². The van der Waals surface area contributed by atoms with Gasteiger partial charge in [0.15, 0.2) is 5.58 Å². The Morgan fingerprint density at radius 1 is 1.38 bits per heavy atom. The monoisotopic (exact) mass is 411 g/mol. The summed E-state index contributed by atoms with van der Waals surface area (Å²) in [5, 5.41) is 9.47. The maximum absolute atomic E-state index is 11.5. The highest BCUT2D eigenvalue weighted by Gasteiger charge is 2.41. The molecule has 1 aromatic heterocycles. The van der Waals surface area contributed by atoms with Crippen molar-refractivity contribution in [2.75, 3.05) is 24.2 Å². The lowest BCUT2D eigenvalue weighted by Gasteiger charge is -2.48. The van der Waals surface area contributed by atoms with Crippen molar-refractivity contribution in [3.63, 3.8) is 0 Å². The Balaban J connectivity index is 1.66. The number of nitrogens with zero attached hydrogens (tertiary/aromatic N) is 3. The summed E-state index contributed by atoms with van der Waals surface area (Å²) >= 11 is 5.21. The molecule has 0 aliphatic carbocycles. The lowest BCUT2D eigenvalue weighted by molar-refractivity contribution is 0.0593. The molecule has 0 radical (unpaired) electrons. The van der Waals surface area contributed by atoms with E-state index >= 15 is 0 Å². The zero-order valence-electron chi connectivity index (χ0n) is 13.2. The Morgan fingerprint density at radius 3 is 2.71 bits per heavy atom. The molecule has 24 heavy (non-hydrogen) atoms. The molecule has 2 bridgehead atoms. The molecule has 2 atom stereocenters. The minimum absolute atomic E-state index is 0.0233. The van der Waals surface area contributed by atoms with Crippen molar-refractivity contribution in [1.82, 2.24) is 9.88 Å². The Kier molecular flexibility index (Phi) is 4.12. The van der Waals surface area contributed by atoms with E-state index in [2.05, 4.69) is 25.8 Å². The van der Waals surface area contributed by atoms with Gasteiger partial charge < -0.3 is 14.4 Å². The summed E-state index contributed by atoms with van der Waals surface area (Å²) < 4.78 is 6.89. The zero-order valence-corrected chi connectivity index (χ0v) is 15.6. The van der Waals surface area contributed by atoms with Crippen molar-refractivity contribution >= 4 is 50.9 Å². The smallest absolute Gasteiger partial charge is 0.407 e. The summed E-state index contributed by atoms with van der Waals surface area (Å²) in [5.74, 6) is 0. The number of oxazole rings is 1. The van der Waals surface area contributed by atoms with Gasteiger partial charge in [-0.15, -0.1) is 11.8 Å². The van der Waals surface area contributed by atoms with Gasteiger partial charge in [0.2, 0.25) is 0 Å². The number of thioether (sulfide) groups is 1. The first-order chi connectivity index (χ1) is 11.6. The normalized spacial score (nSPS) is 23.8. The molecule has 4 rings (SSSR count). The lowest BCUT2D eigenvalue weighted by Crippen LogP contribution is -2.62. The van der Waals surface area contributed by atoms with Gasteiger partial charge in [0.25, 0.3) is 6.01 Å². The van der Waals surface area contributed by atoms with E-state index in [1.807, 2.05) is 18.4 Å². The van der Waals surface area contributed by atoms with Crippen LogP contribution in [0, 0.1) is 0 Å². The topological polar surface area (TPSA) is 69.8 Å². The average Bonchev–Trinajstić information content (AvgIpc) is 2.98. The van der Waals surface area contributed by atoms with Crippen LogP contribution < -0.4 is 4.90 Å². The summed E-state index contributed by atoms with van der Waals surface area (Å²) in [7, 11) is 0. The maximum atomic E-state index is 11.5. The molecule has 1 N–H and O–H groups in total. The third kappa shape index (κ3) is 2.65. The molecule has 8 heteroatoms. The van der Waals surface area contributed by atoms with E-state index in [0.717, 1.165) is 39.7 Å². The molecule has 2 aliphatic rings. The fourth-order valence-electron chi connectivity index (χ4n) is 3.78. The Hall–Kier alpha value is -1.41. The summed E-state index contributed by atoms with van der Waals surface area (Å²) in [6.45, 7) is 1.28. The highest BCUT2D eigenvalue weighted by atomic mass is 79.9. The predicted molar refractivity (Wildman–Crippen MR) is 97.0 cm³/mol. The van der Waals surface area contributed by atoms with Crippen LogP contribution in [-0.4, -0.2) is 52.5 Å². The van der Waals surface area contributed by atoms with Crippen molar-refractivity contribution in [3.05, 3.63) is 16.6 Å². The first kappa shape index (κ1) is 16.1. The molecule has 2 saturated heterocycles. The molecule has 2 aliphatic heterocycles. The van der Waals surface area contributed by atoms with Crippen molar-refractivity contribution in [2.45, 2.75) is 36.2 Å². The van der Waals surface area contributed by atoms with Gasteiger partial charge in [0, 0.05) is 18.0 Å². The number of hydrogen-bond donors (Lipinski definition) is 1. The number of fused-ring (bicyclic) bond motifs is 3. The quantitative estimate of drug-likeness (QED) is 0.752. The second-order valence-corrected chi connectivity index (χ2v) is 8.02. The number of rotatable bonds is 2. The number of benzene rings is 1. The number of aromatic nitrogens is 1. The number of anilines is 1. The minimum atomic E-state index is -0.811. The highest BCUT2D eigenvalue weighted by molar-refractivity contribution is 9.10. The third-order valence-corrected chi connectivity index (χ3v) is 6.15. The molecule has 0 saturated carbocycles. The first-order valence-electron chi connectivity index (χ1n) is 7.97. The van der Waals surface area contributed by atoms with Gasteiger partial charge in [-0.1, -0.05) is 0 Å². The average molecular weight is 412 g/mol. The Labute approximate surface area is 152 Å². The van der Waals surface area contributed by atoms with Gasteiger partial charge in [0.1, 0.15) is 5.52 Å². The first-order valence-corrected chi connectivity index (χ1v) is 9.99. The van der Waals surface area contributed by atoms with Crippen molar-refractivity contribution < 1.29 is 14.3 Å². The molecule has 6 nitrogen and oxygen atoms in total. The molecule has 0 spiro atoms. The second kappa shape index (κ2) is 6.15. The van der Waals surface area contributed by atoms with Gasteiger partial charge in [-0.05, 0) is 53.6 Å². The Morgan fingerprint density at radius 2 is 2.08 bits per heavy atom. The minimum Gasteiger partial charge on any atom is -0.465 e. The van der Waals surface area contributed by atoms with E-state index in [9.17, 15) is 9.90 Å². The standard InChI is InChI=1S/C16H18BrN3O3S/c1-24-11-5-12(17)14-13(6-11)18-15(23-14)19-7-9-3-2-4-10(8-19)20(9)16(21)22/h5-6,9-10H,2-4,7-8H2,1H3,(H,21,22). The molecule has 2 unspecified atom stereocenters. The number of hydrogen-bond acceptors (Lipinski definition) is 5. The largest absolute Gasteiger partial charge is 0.465 e. The van der Waals surface area contributed by atoms with Crippen LogP contribution >= 0.6 is 27.7 Å². The van der Waals surface area contributed by atoms with E-state index in [4.69, 9.17) is 4.42 Å².